The van der Waals surface area contributed by atoms with Crippen LogP contribution in [0, 0.1) is 0 Å². The molecule has 1 aliphatic carbocycles. The number of hydrogen-bond acceptors (Lipinski definition) is 4. The first-order chi connectivity index (χ1) is 10.0. The second kappa shape index (κ2) is 8.15. The fourth-order valence-corrected chi connectivity index (χ4v) is 2.72. The molecule has 0 aromatic heterocycles. The highest BCUT2D eigenvalue weighted by molar-refractivity contribution is 5.94. The van der Waals surface area contributed by atoms with Crippen molar-refractivity contribution in [3.05, 3.63) is 29.8 Å². The molecule has 0 unspecified atom stereocenters. The second-order valence-corrected chi connectivity index (χ2v) is 5.61. The molecule has 6 heteroatoms. The second-order valence-electron chi connectivity index (χ2n) is 5.61. The average Bonchev–Trinajstić information content (AvgIpc) is 2.94. The molecule has 0 bridgehead atoms. The summed E-state index contributed by atoms with van der Waals surface area (Å²) in [6.07, 6.45) is 4.04. The van der Waals surface area contributed by atoms with Crippen LogP contribution >= 0.6 is 12.4 Å². The van der Waals surface area contributed by atoms with Crippen LogP contribution in [0.3, 0.4) is 0 Å². The maximum Gasteiger partial charge on any atom is 0.258 e. The van der Waals surface area contributed by atoms with Crippen molar-refractivity contribution < 1.29 is 14.3 Å². The van der Waals surface area contributed by atoms with E-state index in [-0.39, 0.29) is 36.2 Å². The van der Waals surface area contributed by atoms with E-state index < -0.39 is 0 Å². The Morgan fingerprint density at radius 2 is 2.00 bits per heavy atom. The number of hydrogen-bond donors (Lipinski definition) is 2. The molecule has 0 saturated heterocycles. The third-order valence-corrected chi connectivity index (χ3v) is 3.97. The molecule has 0 radical (unpaired) electrons. The van der Waals surface area contributed by atoms with E-state index in [2.05, 4.69) is 5.32 Å². The number of halogens is 1. The molecule has 1 aromatic carbocycles. The summed E-state index contributed by atoms with van der Waals surface area (Å²) in [5, 5.41) is 2.99. The van der Waals surface area contributed by atoms with Gasteiger partial charge in [0.25, 0.3) is 5.91 Å². The van der Waals surface area contributed by atoms with Gasteiger partial charge in [-0.15, -0.1) is 12.4 Å². The highest BCUT2D eigenvalue weighted by Gasteiger charge is 2.33. The molecule has 1 fully saturated rings. The number of carbonyl (C=O) groups is 2. The van der Waals surface area contributed by atoms with E-state index in [0.717, 1.165) is 25.7 Å². The number of benzene rings is 1. The van der Waals surface area contributed by atoms with E-state index in [4.69, 9.17) is 10.5 Å². The van der Waals surface area contributed by atoms with Gasteiger partial charge in [-0.1, -0.05) is 25.0 Å². The number of carbonyl (C=O) groups excluding carboxylic acids is 2. The van der Waals surface area contributed by atoms with Crippen molar-refractivity contribution in [2.45, 2.75) is 38.1 Å². The van der Waals surface area contributed by atoms with E-state index in [1.54, 1.807) is 24.3 Å². The van der Waals surface area contributed by atoms with Gasteiger partial charge in [0.05, 0.1) is 5.54 Å². The van der Waals surface area contributed by atoms with Gasteiger partial charge in [-0.3, -0.25) is 9.59 Å². The number of ketones is 1. The predicted octanol–water partition coefficient (Wildman–Crippen LogP) is 2.08. The largest absolute Gasteiger partial charge is 0.484 e. The van der Waals surface area contributed by atoms with Crippen LogP contribution in [0.25, 0.3) is 0 Å². The van der Waals surface area contributed by atoms with Gasteiger partial charge in [-0.25, -0.2) is 0 Å². The highest BCUT2D eigenvalue weighted by atomic mass is 35.5. The monoisotopic (exact) mass is 326 g/mol. The van der Waals surface area contributed by atoms with Crippen molar-refractivity contribution >= 4 is 24.1 Å². The van der Waals surface area contributed by atoms with Crippen LogP contribution in [0.2, 0.25) is 0 Å². The summed E-state index contributed by atoms with van der Waals surface area (Å²) in [5.74, 6) is 0.319. The predicted molar refractivity (Wildman–Crippen MR) is 87.6 cm³/mol. The lowest BCUT2D eigenvalue weighted by molar-refractivity contribution is -0.124. The Hall–Kier alpha value is -1.59. The van der Waals surface area contributed by atoms with Crippen LogP contribution in [0.15, 0.2) is 24.3 Å². The lowest BCUT2D eigenvalue weighted by atomic mass is 9.98. The quantitative estimate of drug-likeness (QED) is 0.784. The lowest BCUT2D eigenvalue weighted by Crippen LogP contribution is -2.52. The van der Waals surface area contributed by atoms with Crippen LogP contribution in [-0.2, 0) is 4.79 Å². The van der Waals surface area contributed by atoms with Crippen LogP contribution in [0.5, 0.6) is 5.75 Å². The third-order valence-electron chi connectivity index (χ3n) is 3.97. The third kappa shape index (κ3) is 4.71. The minimum absolute atomic E-state index is 0. The lowest BCUT2D eigenvalue weighted by Gasteiger charge is -2.28. The zero-order valence-corrected chi connectivity index (χ0v) is 13.6. The Labute approximate surface area is 137 Å². The summed E-state index contributed by atoms with van der Waals surface area (Å²) in [7, 11) is 0. The van der Waals surface area contributed by atoms with Gasteiger partial charge < -0.3 is 15.8 Å². The topological polar surface area (TPSA) is 81.4 Å². The van der Waals surface area contributed by atoms with Crippen molar-refractivity contribution in [1.82, 2.24) is 5.32 Å². The Morgan fingerprint density at radius 3 is 2.59 bits per heavy atom. The molecule has 1 aliphatic rings. The fraction of sp³-hybridized carbons (Fsp3) is 0.500. The number of rotatable bonds is 6. The molecule has 5 nitrogen and oxygen atoms in total. The molecular formula is C16H23ClN2O3. The zero-order valence-electron chi connectivity index (χ0n) is 12.8. The summed E-state index contributed by atoms with van der Waals surface area (Å²) in [5.41, 5.74) is 6.09. The summed E-state index contributed by atoms with van der Waals surface area (Å²) in [6, 6.07) is 6.83. The first-order valence-electron chi connectivity index (χ1n) is 7.29. The van der Waals surface area contributed by atoms with Crippen LogP contribution < -0.4 is 15.8 Å². The van der Waals surface area contributed by atoms with Crippen LogP contribution in [-0.4, -0.2) is 30.4 Å². The van der Waals surface area contributed by atoms with Crippen molar-refractivity contribution in [2.24, 2.45) is 5.73 Å². The Balaban J connectivity index is 0.00000242. The highest BCUT2D eigenvalue weighted by Crippen LogP contribution is 2.28. The average molecular weight is 327 g/mol. The van der Waals surface area contributed by atoms with Gasteiger partial charge >= 0.3 is 0 Å². The minimum Gasteiger partial charge on any atom is -0.484 e. The van der Waals surface area contributed by atoms with Gasteiger partial charge in [-0.2, -0.15) is 0 Å². The molecule has 0 heterocycles. The van der Waals surface area contributed by atoms with E-state index in [1.807, 2.05) is 0 Å². The fourth-order valence-electron chi connectivity index (χ4n) is 2.72. The Morgan fingerprint density at radius 1 is 1.32 bits per heavy atom. The molecule has 22 heavy (non-hydrogen) atoms. The standard InChI is InChI=1S/C16H22N2O3.ClH/c1-12(19)13-5-4-6-14(9-13)21-10-15(20)18-16(11-17)7-2-3-8-16;/h4-6,9H,2-3,7-8,10-11,17H2,1H3,(H,18,20);1H. The summed E-state index contributed by atoms with van der Waals surface area (Å²) in [4.78, 5) is 23.3. The summed E-state index contributed by atoms with van der Waals surface area (Å²) >= 11 is 0. The van der Waals surface area contributed by atoms with Crippen molar-refractivity contribution in [3.63, 3.8) is 0 Å². The molecule has 3 N–H and O–H groups in total. The molecular weight excluding hydrogens is 304 g/mol. The van der Waals surface area contributed by atoms with Gasteiger partial charge in [0, 0.05) is 12.1 Å². The number of ether oxygens (including phenoxy) is 1. The normalized spacial score (nSPS) is 15.7. The number of Topliss-reactive ketones (excluding diaryl/α,β-unsaturated/α-hetero) is 1. The SMILES string of the molecule is CC(=O)c1cccc(OCC(=O)NC2(CN)CCCC2)c1.Cl. The van der Waals surface area contributed by atoms with Crippen LogP contribution in [0.4, 0.5) is 0 Å². The molecule has 2 rings (SSSR count). The van der Waals surface area contributed by atoms with Gasteiger partial charge in [0.2, 0.25) is 0 Å². The smallest absolute Gasteiger partial charge is 0.258 e. The molecule has 0 atom stereocenters. The maximum absolute atomic E-state index is 12.0. The first kappa shape index (κ1) is 18.5. The minimum atomic E-state index is -0.262. The van der Waals surface area contributed by atoms with Crippen LogP contribution in [0.1, 0.15) is 43.0 Å². The molecule has 1 amide bonds. The molecule has 0 spiro atoms. The van der Waals surface area contributed by atoms with E-state index >= 15 is 0 Å². The number of nitrogens with one attached hydrogen (secondary N) is 1. The summed E-state index contributed by atoms with van der Waals surface area (Å²) in [6.45, 7) is 1.89. The first-order valence-corrected chi connectivity index (χ1v) is 7.29. The Kier molecular flexibility index (Phi) is 6.84. The molecule has 122 valence electrons. The summed E-state index contributed by atoms with van der Waals surface area (Å²) < 4.78 is 5.45. The van der Waals surface area contributed by atoms with Crippen molar-refractivity contribution in [2.75, 3.05) is 13.2 Å². The van der Waals surface area contributed by atoms with E-state index in [0.29, 0.717) is 17.9 Å². The molecule has 1 saturated carbocycles. The molecule has 1 aromatic rings. The van der Waals surface area contributed by atoms with Gasteiger partial charge in [0.15, 0.2) is 12.4 Å². The Bertz CT molecular complexity index is 528. The van der Waals surface area contributed by atoms with Crippen molar-refractivity contribution in [3.8, 4) is 5.75 Å². The van der Waals surface area contributed by atoms with Gasteiger partial charge in [-0.05, 0) is 31.9 Å². The zero-order chi connectivity index (χ0) is 15.3. The van der Waals surface area contributed by atoms with E-state index in [1.165, 1.54) is 6.92 Å². The molecule has 0 aliphatic heterocycles. The number of nitrogens with two attached hydrogens (primary N) is 1. The van der Waals surface area contributed by atoms with Gasteiger partial charge in [0.1, 0.15) is 5.75 Å². The van der Waals surface area contributed by atoms with E-state index in [9.17, 15) is 9.59 Å². The number of amides is 1. The maximum atomic E-state index is 12.0. The van der Waals surface area contributed by atoms with Crippen molar-refractivity contribution in [1.29, 1.82) is 0 Å².